The summed E-state index contributed by atoms with van der Waals surface area (Å²) in [5, 5.41) is 8.06. The molecule has 0 amide bonds. The van der Waals surface area contributed by atoms with Crippen molar-refractivity contribution in [2.24, 2.45) is 0 Å². The zero-order chi connectivity index (χ0) is 14.5. The predicted octanol–water partition coefficient (Wildman–Crippen LogP) is 5.13. The van der Waals surface area contributed by atoms with E-state index in [2.05, 4.69) is 42.7 Å². The van der Waals surface area contributed by atoms with Crippen LogP contribution < -0.4 is 10.6 Å². The number of aryl methyl sites for hydroxylation is 1. The maximum Gasteiger partial charge on any atom is 0.0638 e. The van der Waals surface area contributed by atoms with Crippen molar-refractivity contribution in [1.29, 1.82) is 0 Å². The lowest BCUT2D eigenvalue weighted by atomic mass is 10.1. The number of halogens is 2. The van der Waals surface area contributed by atoms with Gasteiger partial charge in [-0.05, 0) is 49.2 Å². The Morgan fingerprint density at radius 2 is 1.60 bits per heavy atom. The molecule has 4 heteroatoms. The minimum Gasteiger partial charge on any atom is -0.383 e. The van der Waals surface area contributed by atoms with Gasteiger partial charge in [-0.3, -0.25) is 0 Å². The van der Waals surface area contributed by atoms with Crippen molar-refractivity contribution in [2.45, 2.75) is 13.8 Å². The topological polar surface area (TPSA) is 24.1 Å². The van der Waals surface area contributed by atoms with E-state index in [1.807, 2.05) is 6.07 Å². The van der Waals surface area contributed by atoms with Gasteiger partial charge in [0.1, 0.15) is 0 Å². The van der Waals surface area contributed by atoms with E-state index in [0.717, 1.165) is 18.8 Å². The summed E-state index contributed by atoms with van der Waals surface area (Å²) < 4.78 is 0. The Balaban J connectivity index is 1.88. The van der Waals surface area contributed by atoms with Crippen molar-refractivity contribution in [3.05, 3.63) is 57.6 Å². The first-order valence-corrected chi connectivity index (χ1v) is 7.32. The zero-order valence-electron chi connectivity index (χ0n) is 11.6. The van der Waals surface area contributed by atoms with E-state index in [1.54, 1.807) is 12.1 Å². The van der Waals surface area contributed by atoms with Crippen LogP contribution >= 0.6 is 23.2 Å². The molecule has 2 nitrogen and oxygen atoms in total. The van der Waals surface area contributed by atoms with Crippen LogP contribution in [0.5, 0.6) is 0 Å². The van der Waals surface area contributed by atoms with Crippen LogP contribution in [0.3, 0.4) is 0 Å². The second kappa shape index (κ2) is 6.87. The lowest BCUT2D eigenvalue weighted by Crippen LogP contribution is -2.14. The summed E-state index contributed by atoms with van der Waals surface area (Å²) in [6, 6.07) is 11.7. The highest BCUT2D eigenvalue weighted by molar-refractivity contribution is 6.35. The third-order valence-electron chi connectivity index (χ3n) is 3.29. The predicted molar refractivity (Wildman–Crippen MR) is 89.4 cm³/mol. The molecule has 0 aromatic heterocycles. The van der Waals surface area contributed by atoms with Gasteiger partial charge in [0.05, 0.1) is 10.7 Å². The third-order valence-corrected chi connectivity index (χ3v) is 3.85. The van der Waals surface area contributed by atoms with Crippen LogP contribution in [0.4, 0.5) is 11.4 Å². The average Bonchev–Trinajstić information content (AvgIpc) is 2.43. The molecule has 0 heterocycles. The fraction of sp³-hybridized carbons (Fsp3) is 0.250. The Morgan fingerprint density at radius 3 is 2.35 bits per heavy atom. The second-order valence-corrected chi connectivity index (χ2v) is 5.57. The maximum absolute atomic E-state index is 6.10. The molecule has 0 saturated carbocycles. The lowest BCUT2D eigenvalue weighted by molar-refractivity contribution is 1.07. The van der Waals surface area contributed by atoms with E-state index in [1.165, 1.54) is 16.8 Å². The van der Waals surface area contributed by atoms with Crippen LogP contribution in [0, 0.1) is 13.8 Å². The molecule has 2 N–H and O–H groups in total. The third kappa shape index (κ3) is 3.81. The van der Waals surface area contributed by atoms with E-state index in [9.17, 15) is 0 Å². The van der Waals surface area contributed by atoms with Crippen molar-refractivity contribution >= 4 is 34.6 Å². The van der Waals surface area contributed by atoms with Gasteiger partial charge < -0.3 is 10.6 Å². The van der Waals surface area contributed by atoms with Crippen molar-refractivity contribution in [2.75, 3.05) is 23.7 Å². The van der Waals surface area contributed by atoms with Crippen molar-refractivity contribution < 1.29 is 0 Å². The minimum absolute atomic E-state index is 0.680. The molecule has 2 aromatic rings. The molecule has 0 spiro atoms. The molecular formula is C16H18Cl2N2. The van der Waals surface area contributed by atoms with Crippen LogP contribution in [0.25, 0.3) is 0 Å². The summed E-state index contributed by atoms with van der Waals surface area (Å²) in [6.07, 6.45) is 0. The van der Waals surface area contributed by atoms with Crippen molar-refractivity contribution in [3.8, 4) is 0 Å². The molecule has 20 heavy (non-hydrogen) atoms. The van der Waals surface area contributed by atoms with Crippen molar-refractivity contribution in [1.82, 2.24) is 0 Å². The molecule has 0 saturated heterocycles. The molecule has 0 radical (unpaired) electrons. The Bertz CT molecular complexity index is 593. The molecule has 2 rings (SSSR count). The lowest BCUT2D eigenvalue weighted by Gasteiger charge is -2.13. The van der Waals surface area contributed by atoms with Crippen LogP contribution in [-0.4, -0.2) is 13.1 Å². The molecule has 106 valence electrons. The zero-order valence-corrected chi connectivity index (χ0v) is 13.1. The summed E-state index contributed by atoms with van der Waals surface area (Å²) in [5.74, 6) is 0. The van der Waals surface area contributed by atoms with Gasteiger partial charge in [0.2, 0.25) is 0 Å². The van der Waals surface area contributed by atoms with E-state index in [4.69, 9.17) is 23.2 Å². The van der Waals surface area contributed by atoms with E-state index in [0.29, 0.717) is 10.0 Å². The second-order valence-electron chi connectivity index (χ2n) is 4.73. The van der Waals surface area contributed by atoms with E-state index >= 15 is 0 Å². The average molecular weight is 309 g/mol. The fourth-order valence-electron chi connectivity index (χ4n) is 1.97. The highest BCUT2D eigenvalue weighted by Crippen LogP contribution is 2.25. The largest absolute Gasteiger partial charge is 0.383 e. The molecule has 0 aliphatic rings. The van der Waals surface area contributed by atoms with Gasteiger partial charge >= 0.3 is 0 Å². The molecule has 0 aliphatic heterocycles. The van der Waals surface area contributed by atoms with Crippen LogP contribution in [0.15, 0.2) is 36.4 Å². The normalized spacial score (nSPS) is 10.4. The van der Waals surface area contributed by atoms with Gasteiger partial charge in [-0.25, -0.2) is 0 Å². The molecule has 0 unspecified atom stereocenters. The summed E-state index contributed by atoms with van der Waals surface area (Å²) in [4.78, 5) is 0. The maximum atomic E-state index is 6.10. The minimum atomic E-state index is 0.680. The Morgan fingerprint density at radius 1 is 0.900 bits per heavy atom. The van der Waals surface area contributed by atoms with Gasteiger partial charge in [0.25, 0.3) is 0 Å². The number of hydrogen-bond acceptors (Lipinski definition) is 2. The summed E-state index contributed by atoms with van der Waals surface area (Å²) in [5.41, 5.74) is 4.61. The Labute approximate surface area is 130 Å². The fourth-order valence-corrected chi connectivity index (χ4v) is 2.33. The van der Waals surface area contributed by atoms with E-state index < -0.39 is 0 Å². The number of anilines is 2. The quantitative estimate of drug-likeness (QED) is 0.748. The molecule has 0 atom stereocenters. The first-order chi connectivity index (χ1) is 9.58. The highest BCUT2D eigenvalue weighted by atomic mass is 35.5. The number of rotatable bonds is 5. The van der Waals surface area contributed by atoms with E-state index in [-0.39, 0.29) is 0 Å². The summed E-state index contributed by atoms with van der Waals surface area (Å²) in [6.45, 7) is 5.82. The summed E-state index contributed by atoms with van der Waals surface area (Å²) in [7, 11) is 0. The molecule has 0 aliphatic carbocycles. The van der Waals surface area contributed by atoms with Crippen LogP contribution in [0.2, 0.25) is 10.0 Å². The first kappa shape index (κ1) is 15.0. The standard InChI is InChI=1S/C16H18Cl2N2/c1-11-4-3-5-15(12(11)2)19-8-9-20-16-10-13(17)6-7-14(16)18/h3-7,10,19-20H,8-9H2,1-2H3. The van der Waals surface area contributed by atoms with Gasteiger partial charge in [0.15, 0.2) is 0 Å². The van der Waals surface area contributed by atoms with Gasteiger partial charge in [0, 0.05) is 23.8 Å². The summed E-state index contributed by atoms with van der Waals surface area (Å²) >= 11 is 12.0. The van der Waals surface area contributed by atoms with Crippen LogP contribution in [0.1, 0.15) is 11.1 Å². The SMILES string of the molecule is Cc1cccc(NCCNc2cc(Cl)ccc2Cl)c1C. The van der Waals surface area contributed by atoms with Gasteiger partial charge in [-0.15, -0.1) is 0 Å². The number of nitrogens with one attached hydrogen (secondary N) is 2. The smallest absolute Gasteiger partial charge is 0.0638 e. The first-order valence-electron chi connectivity index (χ1n) is 6.57. The Kier molecular flexibility index (Phi) is 5.16. The highest BCUT2D eigenvalue weighted by Gasteiger charge is 2.02. The monoisotopic (exact) mass is 308 g/mol. The van der Waals surface area contributed by atoms with Gasteiger partial charge in [-0.2, -0.15) is 0 Å². The molecule has 2 aromatic carbocycles. The van der Waals surface area contributed by atoms with Crippen LogP contribution in [-0.2, 0) is 0 Å². The Hall–Kier alpha value is -1.38. The number of benzene rings is 2. The molecule has 0 bridgehead atoms. The van der Waals surface area contributed by atoms with Gasteiger partial charge in [-0.1, -0.05) is 35.3 Å². The van der Waals surface area contributed by atoms with Crippen molar-refractivity contribution in [3.63, 3.8) is 0 Å². The number of hydrogen-bond donors (Lipinski definition) is 2. The molecule has 0 fully saturated rings. The molecular weight excluding hydrogens is 291 g/mol.